The molecule has 3 N–H and O–H groups in total. The van der Waals surface area contributed by atoms with Crippen molar-refractivity contribution in [3.8, 4) is 5.75 Å². The maximum absolute atomic E-state index is 14.2. The van der Waals surface area contributed by atoms with E-state index in [1.165, 1.54) is 12.1 Å². The SMILES string of the molecule is O=c1ccn([C@@H]2O[C@H](CO)[C@@H](O)[C@H]2F)c(=O)n1Cc1ccc(O)cc1. The van der Waals surface area contributed by atoms with Crippen LogP contribution in [0.4, 0.5) is 4.39 Å². The third kappa shape index (κ3) is 3.21. The topological polar surface area (TPSA) is 114 Å². The fraction of sp³-hybridized carbons (Fsp3) is 0.375. The van der Waals surface area contributed by atoms with Crippen LogP contribution in [0, 0.1) is 0 Å². The summed E-state index contributed by atoms with van der Waals surface area (Å²) in [6.07, 6.45) is -4.98. The highest BCUT2D eigenvalue weighted by Gasteiger charge is 2.45. The Bertz CT molecular complexity index is 862. The van der Waals surface area contributed by atoms with E-state index in [2.05, 4.69) is 0 Å². The number of hydrogen-bond donors (Lipinski definition) is 3. The van der Waals surface area contributed by atoms with E-state index in [-0.39, 0.29) is 12.3 Å². The molecule has 4 atom stereocenters. The fourth-order valence-corrected chi connectivity index (χ4v) is 2.73. The van der Waals surface area contributed by atoms with Gasteiger partial charge in [-0.25, -0.2) is 9.18 Å². The van der Waals surface area contributed by atoms with E-state index >= 15 is 0 Å². The summed E-state index contributed by atoms with van der Waals surface area (Å²) in [5.74, 6) is 0.0465. The minimum Gasteiger partial charge on any atom is -0.508 e. The molecular weight excluding hydrogens is 335 g/mol. The first-order chi connectivity index (χ1) is 11.9. The molecule has 0 bridgehead atoms. The molecule has 134 valence electrons. The summed E-state index contributed by atoms with van der Waals surface area (Å²) < 4.78 is 21.2. The Kier molecular flexibility index (Phi) is 4.71. The zero-order chi connectivity index (χ0) is 18.1. The second kappa shape index (κ2) is 6.79. The van der Waals surface area contributed by atoms with E-state index in [1.54, 1.807) is 12.1 Å². The maximum atomic E-state index is 14.2. The van der Waals surface area contributed by atoms with Crippen LogP contribution in [0.5, 0.6) is 5.75 Å². The number of hydrogen-bond acceptors (Lipinski definition) is 6. The van der Waals surface area contributed by atoms with Crippen molar-refractivity contribution in [1.29, 1.82) is 0 Å². The van der Waals surface area contributed by atoms with Gasteiger partial charge >= 0.3 is 5.69 Å². The Labute approximate surface area is 141 Å². The van der Waals surface area contributed by atoms with Gasteiger partial charge in [-0.3, -0.25) is 13.9 Å². The molecule has 2 heterocycles. The van der Waals surface area contributed by atoms with Crippen molar-refractivity contribution in [3.63, 3.8) is 0 Å². The fourth-order valence-electron chi connectivity index (χ4n) is 2.73. The van der Waals surface area contributed by atoms with Crippen molar-refractivity contribution in [2.24, 2.45) is 0 Å². The summed E-state index contributed by atoms with van der Waals surface area (Å²) in [5, 5.41) is 28.1. The number of aromatic hydroxyl groups is 1. The van der Waals surface area contributed by atoms with Crippen molar-refractivity contribution in [2.45, 2.75) is 31.2 Å². The van der Waals surface area contributed by atoms with Crippen LogP contribution in [-0.2, 0) is 11.3 Å². The molecule has 0 radical (unpaired) electrons. The van der Waals surface area contributed by atoms with Gasteiger partial charge in [-0.05, 0) is 17.7 Å². The number of phenolic OH excluding ortho intramolecular Hbond substituents is 1. The summed E-state index contributed by atoms with van der Waals surface area (Å²) in [7, 11) is 0. The molecule has 0 aliphatic carbocycles. The molecule has 3 rings (SSSR count). The van der Waals surface area contributed by atoms with Crippen molar-refractivity contribution in [3.05, 3.63) is 62.9 Å². The molecule has 8 nitrogen and oxygen atoms in total. The number of alkyl halides is 1. The number of aliphatic hydroxyl groups is 2. The zero-order valence-electron chi connectivity index (χ0n) is 13.0. The lowest BCUT2D eigenvalue weighted by molar-refractivity contribution is -0.0496. The van der Waals surface area contributed by atoms with E-state index in [4.69, 9.17) is 9.84 Å². The second-order valence-corrected chi connectivity index (χ2v) is 5.78. The van der Waals surface area contributed by atoms with Gasteiger partial charge in [-0.2, -0.15) is 0 Å². The molecule has 0 amide bonds. The third-order valence-corrected chi connectivity index (χ3v) is 4.12. The Morgan fingerprint density at radius 2 is 1.84 bits per heavy atom. The lowest BCUT2D eigenvalue weighted by Gasteiger charge is -2.17. The lowest BCUT2D eigenvalue weighted by atomic mass is 10.1. The van der Waals surface area contributed by atoms with Gasteiger partial charge in [0, 0.05) is 12.3 Å². The molecule has 0 unspecified atom stereocenters. The summed E-state index contributed by atoms with van der Waals surface area (Å²) >= 11 is 0. The highest BCUT2D eigenvalue weighted by molar-refractivity contribution is 5.26. The molecule has 0 saturated carbocycles. The van der Waals surface area contributed by atoms with Crippen molar-refractivity contribution in [1.82, 2.24) is 9.13 Å². The van der Waals surface area contributed by atoms with Gasteiger partial charge in [0.05, 0.1) is 13.2 Å². The molecular formula is C16H17FN2O6. The molecule has 1 aliphatic heterocycles. The first-order valence-electron chi connectivity index (χ1n) is 7.60. The molecule has 2 aromatic rings. The lowest BCUT2D eigenvalue weighted by Crippen LogP contribution is -2.42. The molecule has 1 saturated heterocycles. The van der Waals surface area contributed by atoms with Crippen molar-refractivity contribution in [2.75, 3.05) is 6.61 Å². The van der Waals surface area contributed by atoms with Crippen molar-refractivity contribution >= 4 is 0 Å². The first-order valence-corrected chi connectivity index (χ1v) is 7.60. The van der Waals surface area contributed by atoms with Crippen LogP contribution in [0.2, 0.25) is 0 Å². The molecule has 1 aromatic heterocycles. The second-order valence-electron chi connectivity index (χ2n) is 5.78. The van der Waals surface area contributed by atoms with Gasteiger partial charge < -0.3 is 20.1 Å². The van der Waals surface area contributed by atoms with E-state index < -0.39 is 42.5 Å². The van der Waals surface area contributed by atoms with Crippen molar-refractivity contribution < 1.29 is 24.4 Å². The predicted molar refractivity (Wildman–Crippen MR) is 84.1 cm³/mol. The number of rotatable bonds is 4. The minimum absolute atomic E-state index is 0.0465. The Morgan fingerprint density at radius 3 is 2.44 bits per heavy atom. The first kappa shape index (κ1) is 17.3. The predicted octanol–water partition coefficient (Wildman–Crippen LogP) is -0.647. The van der Waals surface area contributed by atoms with Crippen LogP contribution in [0.15, 0.2) is 46.1 Å². The van der Waals surface area contributed by atoms with Crippen LogP contribution >= 0.6 is 0 Å². The molecule has 1 aliphatic rings. The average Bonchev–Trinajstić information content (AvgIpc) is 2.88. The standard InChI is InChI=1S/C16H17FN2O6/c17-13-14(23)11(8-20)25-15(13)18-6-5-12(22)19(16(18)24)7-9-1-3-10(21)4-2-9/h1-6,11,13-15,20-21,23H,7-8H2/t11-,13-,14-,15-/m1/s1. The number of benzene rings is 1. The van der Waals surface area contributed by atoms with Gasteiger partial charge in [0.2, 0.25) is 0 Å². The number of nitrogens with zero attached hydrogens (tertiary/aromatic N) is 2. The quantitative estimate of drug-likeness (QED) is 0.674. The Hall–Kier alpha value is -2.49. The van der Waals surface area contributed by atoms with Gasteiger partial charge in [-0.1, -0.05) is 12.1 Å². The molecule has 9 heteroatoms. The monoisotopic (exact) mass is 352 g/mol. The van der Waals surface area contributed by atoms with Gasteiger partial charge in [-0.15, -0.1) is 0 Å². The zero-order valence-corrected chi connectivity index (χ0v) is 13.0. The van der Waals surface area contributed by atoms with Crippen LogP contribution in [-0.4, -0.2) is 49.4 Å². The molecule has 0 spiro atoms. The highest BCUT2D eigenvalue weighted by Crippen LogP contribution is 2.30. The Morgan fingerprint density at radius 1 is 1.16 bits per heavy atom. The summed E-state index contributed by atoms with van der Waals surface area (Å²) in [6, 6.07) is 7.03. The van der Waals surface area contributed by atoms with Gasteiger partial charge in [0.15, 0.2) is 12.4 Å². The van der Waals surface area contributed by atoms with Crippen LogP contribution in [0.25, 0.3) is 0 Å². The highest BCUT2D eigenvalue weighted by atomic mass is 19.1. The van der Waals surface area contributed by atoms with Gasteiger partial charge in [0.1, 0.15) is 18.0 Å². The molecule has 1 aromatic carbocycles. The molecule has 25 heavy (non-hydrogen) atoms. The third-order valence-electron chi connectivity index (χ3n) is 4.12. The van der Waals surface area contributed by atoms with E-state index in [0.29, 0.717) is 5.56 Å². The number of ether oxygens (including phenoxy) is 1. The van der Waals surface area contributed by atoms with Gasteiger partial charge in [0.25, 0.3) is 5.56 Å². The van der Waals surface area contributed by atoms with E-state index in [0.717, 1.165) is 21.4 Å². The minimum atomic E-state index is -1.92. The number of phenols is 1. The molecule has 1 fully saturated rings. The smallest absolute Gasteiger partial charge is 0.333 e. The van der Waals surface area contributed by atoms with Crippen LogP contribution in [0.3, 0.4) is 0 Å². The summed E-state index contributed by atoms with van der Waals surface area (Å²) in [4.78, 5) is 24.6. The van der Waals surface area contributed by atoms with E-state index in [9.17, 15) is 24.2 Å². The number of aliphatic hydroxyl groups excluding tert-OH is 2. The average molecular weight is 352 g/mol. The summed E-state index contributed by atoms with van der Waals surface area (Å²) in [6.45, 7) is -0.672. The normalized spacial score (nSPS) is 26.0. The maximum Gasteiger partial charge on any atom is 0.333 e. The number of halogens is 1. The largest absolute Gasteiger partial charge is 0.508 e. The van der Waals surface area contributed by atoms with E-state index in [1.807, 2.05) is 0 Å². The van der Waals surface area contributed by atoms with Crippen LogP contribution in [0.1, 0.15) is 11.8 Å². The van der Waals surface area contributed by atoms with Crippen LogP contribution < -0.4 is 11.2 Å². The number of aromatic nitrogens is 2. The summed E-state index contributed by atoms with van der Waals surface area (Å²) in [5.41, 5.74) is -0.798. The Balaban J connectivity index is 1.97.